The van der Waals surface area contributed by atoms with Crippen LogP contribution >= 0.6 is 11.8 Å². The van der Waals surface area contributed by atoms with E-state index < -0.39 is 10.0 Å². The highest BCUT2D eigenvalue weighted by Gasteiger charge is 2.22. The molecule has 0 bridgehead atoms. The van der Waals surface area contributed by atoms with Gasteiger partial charge in [-0.2, -0.15) is 0 Å². The normalized spacial score (nSPS) is 12.4. The monoisotopic (exact) mass is 482 g/mol. The first-order valence-electron chi connectivity index (χ1n) is 10.8. The van der Waals surface area contributed by atoms with Gasteiger partial charge in [0.05, 0.1) is 16.6 Å². The number of hydrogen-bond donors (Lipinski definition) is 1. The summed E-state index contributed by atoms with van der Waals surface area (Å²) < 4.78 is 27.2. The van der Waals surface area contributed by atoms with Crippen molar-refractivity contribution >= 4 is 33.4 Å². The van der Waals surface area contributed by atoms with Crippen molar-refractivity contribution in [2.24, 2.45) is 5.92 Å². The summed E-state index contributed by atoms with van der Waals surface area (Å²) >= 11 is 1.56. The highest BCUT2D eigenvalue weighted by atomic mass is 32.2. The molecule has 33 heavy (non-hydrogen) atoms. The van der Waals surface area contributed by atoms with Crippen molar-refractivity contribution in [3.05, 3.63) is 90.0 Å². The predicted molar refractivity (Wildman–Crippen MR) is 136 cm³/mol. The molecule has 0 saturated carbocycles. The average molecular weight is 483 g/mol. The molecule has 0 aliphatic heterocycles. The van der Waals surface area contributed by atoms with E-state index in [2.05, 4.69) is 19.2 Å². The van der Waals surface area contributed by atoms with Gasteiger partial charge in [0.15, 0.2) is 0 Å². The molecule has 0 aliphatic rings. The van der Waals surface area contributed by atoms with Gasteiger partial charge < -0.3 is 5.32 Å². The lowest BCUT2D eigenvalue weighted by Crippen LogP contribution is -2.30. The van der Waals surface area contributed by atoms with E-state index in [1.165, 1.54) is 11.4 Å². The summed E-state index contributed by atoms with van der Waals surface area (Å²) in [5, 5.41) is 3.12. The van der Waals surface area contributed by atoms with Crippen molar-refractivity contribution in [2.75, 3.05) is 17.6 Å². The summed E-state index contributed by atoms with van der Waals surface area (Å²) in [6, 6.07) is 23.3. The number of benzene rings is 3. The van der Waals surface area contributed by atoms with Gasteiger partial charge in [-0.1, -0.05) is 44.2 Å². The van der Waals surface area contributed by atoms with Crippen molar-refractivity contribution in [1.82, 2.24) is 5.32 Å². The fraction of sp³-hybridized carbons (Fsp3) is 0.269. The molecule has 0 saturated heterocycles. The molecule has 1 unspecified atom stereocenters. The van der Waals surface area contributed by atoms with Crippen LogP contribution in [-0.2, 0) is 10.0 Å². The van der Waals surface area contributed by atoms with Crippen LogP contribution in [0.5, 0.6) is 0 Å². The third-order valence-corrected chi connectivity index (χ3v) is 7.97. The van der Waals surface area contributed by atoms with Gasteiger partial charge in [0, 0.05) is 17.5 Å². The molecular formula is C26H30N2O3S2. The van der Waals surface area contributed by atoms with Gasteiger partial charge in [0.25, 0.3) is 15.9 Å². The Kier molecular flexibility index (Phi) is 8.21. The van der Waals surface area contributed by atoms with E-state index in [0.717, 1.165) is 16.9 Å². The number of rotatable bonds is 9. The molecule has 0 aromatic heterocycles. The van der Waals surface area contributed by atoms with Gasteiger partial charge in [-0.05, 0) is 72.7 Å². The Morgan fingerprint density at radius 1 is 0.939 bits per heavy atom. The Morgan fingerprint density at radius 3 is 2.09 bits per heavy atom. The molecule has 0 aliphatic carbocycles. The summed E-state index contributed by atoms with van der Waals surface area (Å²) in [6.45, 7) is 4.25. The molecular weight excluding hydrogens is 452 g/mol. The molecule has 1 amide bonds. The molecule has 0 fully saturated rings. The molecule has 7 heteroatoms. The summed E-state index contributed by atoms with van der Waals surface area (Å²) in [6.07, 6.45) is 2.77. The fourth-order valence-corrected chi connectivity index (χ4v) is 5.15. The van der Waals surface area contributed by atoms with E-state index in [1.54, 1.807) is 60.3 Å². The first-order valence-corrected chi connectivity index (χ1v) is 13.5. The van der Waals surface area contributed by atoms with Crippen LogP contribution in [0.1, 0.15) is 42.2 Å². The molecule has 3 rings (SSSR count). The van der Waals surface area contributed by atoms with Crippen LogP contribution in [0.2, 0.25) is 0 Å². The molecule has 5 nitrogen and oxygen atoms in total. The zero-order valence-corrected chi connectivity index (χ0v) is 21.0. The first-order chi connectivity index (χ1) is 15.7. The Balaban J connectivity index is 1.76. The zero-order chi connectivity index (χ0) is 24.0. The molecule has 1 atom stereocenters. The van der Waals surface area contributed by atoms with Crippen LogP contribution in [0.15, 0.2) is 88.7 Å². The number of carbonyl (C=O) groups is 1. The molecule has 3 aromatic carbocycles. The molecule has 1 N–H and O–H groups in total. The lowest BCUT2D eigenvalue weighted by molar-refractivity contribution is 0.0932. The summed E-state index contributed by atoms with van der Waals surface area (Å²) in [4.78, 5) is 14.1. The quantitative estimate of drug-likeness (QED) is 0.394. The van der Waals surface area contributed by atoms with Gasteiger partial charge in [-0.15, -0.1) is 11.8 Å². The molecule has 0 heterocycles. The second kappa shape index (κ2) is 10.9. The number of carbonyl (C=O) groups excluding carboxylic acids is 1. The zero-order valence-electron chi connectivity index (χ0n) is 19.4. The van der Waals surface area contributed by atoms with E-state index in [-0.39, 0.29) is 16.8 Å². The number of sulfonamides is 1. The summed E-state index contributed by atoms with van der Waals surface area (Å²) in [7, 11) is -2.18. The van der Waals surface area contributed by atoms with Crippen molar-refractivity contribution in [2.45, 2.75) is 36.1 Å². The predicted octanol–water partition coefficient (Wildman–Crippen LogP) is 5.75. The molecule has 0 radical (unpaired) electrons. The number of hydrogen-bond acceptors (Lipinski definition) is 4. The fourth-order valence-electron chi connectivity index (χ4n) is 3.54. The van der Waals surface area contributed by atoms with Gasteiger partial charge >= 0.3 is 0 Å². The van der Waals surface area contributed by atoms with Gasteiger partial charge in [0.2, 0.25) is 0 Å². The van der Waals surface area contributed by atoms with E-state index in [4.69, 9.17) is 0 Å². The maximum atomic E-state index is 13.0. The lowest BCUT2D eigenvalue weighted by Gasteiger charge is -2.22. The Hall–Kier alpha value is -2.77. The molecule has 174 valence electrons. The number of amides is 1. The van der Waals surface area contributed by atoms with Crippen molar-refractivity contribution in [3.8, 4) is 0 Å². The maximum absolute atomic E-state index is 13.0. The third kappa shape index (κ3) is 6.18. The Bertz CT molecular complexity index is 1160. The largest absolute Gasteiger partial charge is 0.345 e. The van der Waals surface area contributed by atoms with E-state index in [1.807, 2.05) is 36.6 Å². The van der Waals surface area contributed by atoms with Crippen LogP contribution in [0.3, 0.4) is 0 Å². The lowest BCUT2D eigenvalue weighted by atomic mass is 9.96. The number of anilines is 1. The highest BCUT2D eigenvalue weighted by molar-refractivity contribution is 7.98. The van der Waals surface area contributed by atoms with Crippen LogP contribution in [0, 0.1) is 5.92 Å². The molecule has 3 aromatic rings. The van der Waals surface area contributed by atoms with Crippen LogP contribution < -0.4 is 9.62 Å². The summed E-state index contributed by atoms with van der Waals surface area (Å²) in [5.74, 6) is 0.232. The maximum Gasteiger partial charge on any atom is 0.264 e. The van der Waals surface area contributed by atoms with Crippen LogP contribution in [0.25, 0.3) is 0 Å². The summed E-state index contributed by atoms with van der Waals surface area (Å²) in [5.41, 5.74) is 2.04. The SMILES string of the molecule is CSc1ccc(S(=O)(=O)N(C)c2ccc(C(=O)NC(CC(C)C)c3ccccc3)cc2)cc1. The first kappa shape index (κ1) is 24.9. The van der Waals surface area contributed by atoms with Gasteiger partial charge in [-0.3, -0.25) is 9.10 Å². The van der Waals surface area contributed by atoms with Crippen molar-refractivity contribution in [1.29, 1.82) is 0 Å². The second-order valence-corrected chi connectivity index (χ2v) is 11.1. The smallest absolute Gasteiger partial charge is 0.264 e. The van der Waals surface area contributed by atoms with Crippen LogP contribution in [-0.4, -0.2) is 27.6 Å². The van der Waals surface area contributed by atoms with E-state index >= 15 is 0 Å². The minimum Gasteiger partial charge on any atom is -0.345 e. The topological polar surface area (TPSA) is 66.5 Å². The van der Waals surface area contributed by atoms with E-state index in [0.29, 0.717) is 17.2 Å². The van der Waals surface area contributed by atoms with Crippen molar-refractivity contribution < 1.29 is 13.2 Å². The molecule has 0 spiro atoms. The Morgan fingerprint density at radius 2 is 1.55 bits per heavy atom. The average Bonchev–Trinajstić information content (AvgIpc) is 2.83. The van der Waals surface area contributed by atoms with Gasteiger partial charge in [0.1, 0.15) is 0 Å². The second-order valence-electron chi connectivity index (χ2n) is 8.26. The van der Waals surface area contributed by atoms with E-state index in [9.17, 15) is 13.2 Å². The minimum atomic E-state index is -3.70. The number of thioether (sulfide) groups is 1. The third-order valence-electron chi connectivity index (χ3n) is 5.43. The standard InChI is InChI=1S/C26H30N2O3S2/c1-19(2)18-25(20-8-6-5-7-9-20)27-26(29)21-10-12-22(13-11-21)28(3)33(30,31)24-16-14-23(32-4)15-17-24/h5-17,19,25H,18H2,1-4H3,(H,27,29). The number of nitrogens with one attached hydrogen (secondary N) is 1. The number of nitrogens with zero attached hydrogens (tertiary/aromatic N) is 1. The Labute approximate surface area is 201 Å². The minimum absolute atomic E-state index is 0.0920. The highest BCUT2D eigenvalue weighted by Crippen LogP contribution is 2.25. The van der Waals surface area contributed by atoms with Crippen LogP contribution in [0.4, 0.5) is 5.69 Å². The van der Waals surface area contributed by atoms with Gasteiger partial charge in [-0.25, -0.2) is 8.42 Å². The van der Waals surface area contributed by atoms with Crippen molar-refractivity contribution in [3.63, 3.8) is 0 Å².